The molecular formula is C12H25NO3S. The molecule has 1 N–H and O–H groups in total. The summed E-state index contributed by atoms with van der Waals surface area (Å²) in [6.45, 7) is 8.67. The molecule has 0 aromatic carbocycles. The van der Waals surface area contributed by atoms with Crippen LogP contribution >= 0.6 is 12.6 Å². The Morgan fingerprint density at radius 2 is 1.82 bits per heavy atom. The van der Waals surface area contributed by atoms with Gasteiger partial charge in [0.1, 0.15) is 6.61 Å². The zero-order valence-corrected chi connectivity index (χ0v) is 12.0. The van der Waals surface area contributed by atoms with Crippen LogP contribution in [0.1, 0.15) is 27.2 Å². The molecule has 0 aliphatic rings. The Bertz CT molecular complexity index is 198. The molecule has 1 unspecified atom stereocenters. The Morgan fingerprint density at radius 3 is 2.41 bits per heavy atom. The third-order valence-corrected chi connectivity index (χ3v) is 2.33. The van der Waals surface area contributed by atoms with Gasteiger partial charge in [-0.2, -0.15) is 12.6 Å². The maximum atomic E-state index is 11.2. The number of hydrogen-bond acceptors (Lipinski definition) is 5. The van der Waals surface area contributed by atoms with Crippen molar-refractivity contribution in [1.82, 2.24) is 5.32 Å². The van der Waals surface area contributed by atoms with Crippen LogP contribution in [0.25, 0.3) is 0 Å². The van der Waals surface area contributed by atoms with Crippen molar-refractivity contribution in [2.45, 2.75) is 32.6 Å². The van der Waals surface area contributed by atoms with Gasteiger partial charge in [-0.25, -0.2) is 0 Å². The summed E-state index contributed by atoms with van der Waals surface area (Å²) in [5.41, 5.74) is 0. The molecule has 0 aromatic heterocycles. The monoisotopic (exact) mass is 263 g/mol. The van der Waals surface area contributed by atoms with E-state index >= 15 is 0 Å². The van der Waals surface area contributed by atoms with Crippen LogP contribution in [0.5, 0.6) is 0 Å². The molecule has 0 rings (SSSR count). The molecule has 0 amide bonds. The molecule has 0 aliphatic carbocycles. The maximum absolute atomic E-state index is 11.2. The van der Waals surface area contributed by atoms with Crippen molar-refractivity contribution in [3.05, 3.63) is 0 Å². The summed E-state index contributed by atoms with van der Waals surface area (Å²) in [6.07, 6.45) is 0.821. The number of rotatable bonds is 11. The molecule has 0 radical (unpaired) electrons. The van der Waals surface area contributed by atoms with Gasteiger partial charge in [0.15, 0.2) is 5.78 Å². The van der Waals surface area contributed by atoms with E-state index < -0.39 is 0 Å². The number of thiol groups is 1. The maximum Gasteiger partial charge on any atom is 0.160 e. The molecule has 4 nitrogen and oxygen atoms in total. The van der Waals surface area contributed by atoms with Gasteiger partial charge in [0.2, 0.25) is 0 Å². The van der Waals surface area contributed by atoms with Gasteiger partial charge in [-0.15, -0.1) is 0 Å². The first-order valence-corrected chi connectivity index (χ1v) is 6.65. The van der Waals surface area contributed by atoms with Crippen LogP contribution in [-0.4, -0.2) is 44.1 Å². The largest absolute Gasteiger partial charge is 0.380 e. The molecule has 0 fully saturated rings. The number of ketones is 1. The van der Waals surface area contributed by atoms with Gasteiger partial charge in [-0.1, -0.05) is 13.8 Å². The number of carbonyl (C=O) groups is 1. The zero-order chi connectivity index (χ0) is 13.1. The Balaban J connectivity index is 3.11. The summed E-state index contributed by atoms with van der Waals surface area (Å²) in [7, 11) is 0. The van der Waals surface area contributed by atoms with Crippen molar-refractivity contribution in [3.63, 3.8) is 0 Å². The third-order valence-electron chi connectivity index (χ3n) is 2.15. The summed E-state index contributed by atoms with van der Waals surface area (Å²) in [6, 6.07) is 0. The third kappa shape index (κ3) is 12.2. The van der Waals surface area contributed by atoms with E-state index in [0.29, 0.717) is 19.8 Å². The average molecular weight is 263 g/mol. The fourth-order valence-corrected chi connectivity index (χ4v) is 1.17. The molecule has 102 valence electrons. The van der Waals surface area contributed by atoms with Gasteiger partial charge in [-0.3, -0.25) is 4.79 Å². The van der Waals surface area contributed by atoms with Crippen LogP contribution < -0.4 is 5.32 Å². The number of carbonyl (C=O) groups excluding carboxylic acids is 1. The van der Waals surface area contributed by atoms with E-state index in [4.69, 9.17) is 9.47 Å². The van der Waals surface area contributed by atoms with E-state index in [-0.39, 0.29) is 23.7 Å². The van der Waals surface area contributed by atoms with E-state index in [1.807, 2.05) is 20.8 Å². The van der Waals surface area contributed by atoms with Gasteiger partial charge in [-0.05, 0) is 13.3 Å². The second-order valence-electron chi connectivity index (χ2n) is 4.27. The Morgan fingerprint density at radius 1 is 1.18 bits per heavy atom. The lowest BCUT2D eigenvalue weighted by atomic mass is 10.1. The van der Waals surface area contributed by atoms with E-state index in [0.717, 1.165) is 13.0 Å². The fourth-order valence-electron chi connectivity index (χ4n) is 1.04. The van der Waals surface area contributed by atoms with Crippen LogP contribution in [0.15, 0.2) is 0 Å². The second-order valence-corrected chi connectivity index (χ2v) is 5.04. The number of ether oxygens (including phenoxy) is 2. The van der Waals surface area contributed by atoms with E-state index in [1.54, 1.807) is 0 Å². The van der Waals surface area contributed by atoms with Crippen molar-refractivity contribution >= 4 is 18.4 Å². The van der Waals surface area contributed by atoms with E-state index in [1.165, 1.54) is 0 Å². The van der Waals surface area contributed by atoms with Gasteiger partial charge < -0.3 is 14.8 Å². The summed E-state index contributed by atoms with van der Waals surface area (Å²) < 4.78 is 10.6. The molecule has 1 atom stereocenters. The van der Waals surface area contributed by atoms with Gasteiger partial charge in [0.25, 0.3) is 0 Å². The molecule has 5 heteroatoms. The average Bonchev–Trinajstić information content (AvgIpc) is 2.25. The number of nitrogens with one attached hydrogen (secondary N) is 1. The highest BCUT2D eigenvalue weighted by Gasteiger charge is 2.06. The predicted octanol–water partition coefficient (Wildman–Crippen LogP) is 1.50. The SMILES string of the molecule is CC(S)NCCOCCCOCC(=O)C(C)C. The normalized spacial score (nSPS) is 13.0. The molecule has 0 saturated carbocycles. The smallest absolute Gasteiger partial charge is 0.160 e. The second kappa shape index (κ2) is 11.0. The number of Topliss-reactive ketones (excluding diaryl/α,β-unsaturated/α-hetero) is 1. The lowest BCUT2D eigenvalue weighted by Gasteiger charge is -2.08. The van der Waals surface area contributed by atoms with Crippen molar-refractivity contribution in [2.24, 2.45) is 5.92 Å². The van der Waals surface area contributed by atoms with Crippen LogP contribution in [-0.2, 0) is 14.3 Å². The van der Waals surface area contributed by atoms with E-state index in [9.17, 15) is 4.79 Å². The topological polar surface area (TPSA) is 47.6 Å². The Labute approximate surface area is 110 Å². The first kappa shape index (κ1) is 16.9. The molecule has 0 aromatic rings. The molecular weight excluding hydrogens is 238 g/mol. The van der Waals surface area contributed by atoms with Crippen molar-refractivity contribution in [1.29, 1.82) is 0 Å². The van der Waals surface area contributed by atoms with Gasteiger partial charge in [0, 0.05) is 31.1 Å². The lowest BCUT2D eigenvalue weighted by Crippen LogP contribution is -2.25. The minimum Gasteiger partial charge on any atom is -0.380 e. The van der Waals surface area contributed by atoms with Gasteiger partial charge >= 0.3 is 0 Å². The van der Waals surface area contributed by atoms with Crippen LogP contribution in [0.4, 0.5) is 0 Å². The highest BCUT2D eigenvalue weighted by atomic mass is 32.1. The predicted molar refractivity (Wildman–Crippen MR) is 72.6 cm³/mol. The highest BCUT2D eigenvalue weighted by molar-refractivity contribution is 7.80. The van der Waals surface area contributed by atoms with Gasteiger partial charge in [0.05, 0.1) is 6.61 Å². The standard InChI is InChI=1S/C12H25NO3S/c1-10(2)12(14)9-16-7-4-6-15-8-5-13-11(3)17/h10-11,13,17H,4-9H2,1-3H3. The van der Waals surface area contributed by atoms with E-state index in [2.05, 4.69) is 17.9 Å². The number of hydrogen-bond donors (Lipinski definition) is 2. The van der Waals surface area contributed by atoms with Crippen molar-refractivity contribution in [3.8, 4) is 0 Å². The fraction of sp³-hybridized carbons (Fsp3) is 0.917. The Hall–Kier alpha value is -0.100. The zero-order valence-electron chi connectivity index (χ0n) is 11.1. The molecule has 17 heavy (non-hydrogen) atoms. The Kier molecular flexibility index (Phi) is 11.0. The molecule has 0 saturated heterocycles. The lowest BCUT2D eigenvalue weighted by molar-refractivity contribution is -0.126. The first-order valence-electron chi connectivity index (χ1n) is 6.13. The van der Waals surface area contributed by atoms with Crippen molar-refractivity contribution in [2.75, 3.05) is 33.0 Å². The molecule has 0 aliphatic heterocycles. The van der Waals surface area contributed by atoms with Crippen LogP contribution in [0.3, 0.4) is 0 Å². The minimum atomic E-state index is 0.0561. The molecule has 0 heterocycles. The van der Waals surface area contributed by atoms with Crippen LogP contribution in [0.2, 0.25) is 0 Å². The molecule has 0 spiro atoms. The van der Waals surface area contributed by atoms with Crippen LogP contribution in [0, 0.1) is 5.92 Å². The minimum absolute atomic E-state index is 0.0561. The summed E-state index contributed by atoms with van der Waals surface area (Å²) in [5, 5.41) is 3.34. The first-order chi connectivity index (χ1) is 8.04. The summed E-state index contributed by atoms with van der Waals surface area (Å²) in [5.74, 6) is 0.207. The summed E-state index contributed by atoms with van der Waals surface area (Å²) in [4.78, 5) is 11.2. The summed E-state index contributed by atoms with van der Waals surface area (Å²) >= 11 is 4.19. The highest BCUT2D eigenvalue weighted by Crippen LogP contribution is 1.95. The van der Waals surface area contributed by atoms with Crippen molar-refractivity contribution < 1.29 is 14.3 Å². The quantitative estimate of drug-likeness (QED) is 0.337. The molecule has 0 bridgehead atoms.